The zero-order valence-corrected chi connectivity index (χ0v) is 12.1. The van der Waals surface area contributed by atoms with Gasteiger partial charge in [0.05, 0.1) is 12.7 Å². The molecule has 1 aromatic carbocycles. The Balaban J connectivity index is 2.10. The maximum Gasteiger partial charge on any atom is 0.337 e. The molecule has 20 heavy (non-hydrogen) atoms. The van der Waals surface area contributed by atoms with Crippen molar-refractivity contribution in [3.05, 3.63) is 29.8 Å². The Morgan fingerprint density at radius 1 is 1.30 bits per heavy atom. The van der Waals surface area contributed by atoms with Crippen LogP contribution in [0.1, 0.15) is 23.7 Å². The summed E-state index contributed by atoms with van der Waals surface area (Å²) in [5.74, 6) is -0.413. The molecule has 1 atom stereocenters. The van der Waals surface area contributed by atoms with E-state index >= 15 is 0 Å². The molecule has 0 radical (unpaired) electrons. The first-order valence-electron chi connectivity index (χ1n) is 6.17. The quantitative estimate of drug-likeness (QED) is 0.796. The van der Waals surface area contributed by atoms with Crippen molar-refractivity contribution >= 4 is 34.4 Å². The summed E-state index contributed by atoms with van der Waals surface area (Å²) in [6.45, 7) is 2.02. The monoisotopic (exact) mass is 293 g/mol. The fourth-order valence-electron chi connectivity index (χ4n) is 2.13. The minimum Gasteiger partial charge on any atom is -0.465 e. The number of nitrogens with zero attached hydrogens (tertiary/aromatic N) is 1. The molecule has 0 saturated carbocycles. The molecule has 1 saturated heterocycles. The number of benzene rings is 1. The highest BCUT2D eigenvalue weighted by atomic mass is 32.2. The van der Waals surface area contributed by atoms with E-state index in [1.807, 2.05) is 0 Å². The van der Waals surface area contributed by atoms with Crippen molar-refractivity contribution in [3.63, 3.8) is 0 Å². The Hall–Kier alpha value is -1.82. The van der Waals surface area contributed by atoms with Crippen LogP contribution in [0.2, 0.25) is 0 Å². The maximum atomic E-state index is 12.0. The van der Waals surface area contributed by atoms with Crippen LogP contribution in [0.3, 0.4) is 0 Å². The first kappa shape index (κ1) is 14.6. The summed E-state index contributed by atoms with van der Waals surface area (Å²) in [6.07, 6.45) is 0.364. The number of thioether (sulfide) groups is 1. The van der Waals surface area contributed by atoms with Gasteiger partial charge in [-0.05, 0) is 24.3 Å². The number of ether oxygens (including phenoxy) is 1. The lowest BCUT2D eigenvalue weighted by Gasteiger charge is -2.16. The first-order chi connectivity index (χ1) is 9.51. The van der Waals surface area contributed by atoms with Gasteiger partial charge in [0.15, 0.2) is 5.12 Å². The van der Waals surface area contributed by atoms with Crippen LogP contribution >= 0.6 is 11.8 Å². The molecule has 0 N–H and O–H groups in total. The molecule has 0 bridgehead atoms. The number of methoxy groups -OCH3 is 1. The molecule has 2 rings (SSSR count). The number of carbonyl (C=O) groups excluding carboxylic acids is 3. The zero-order chi connectivity index (χ0) is 14.7. The second-order valence-corrected chi connectivity index (χ2v) is 5.96. The molecule has 0 spiro atoms. The molecule has 106 valence electrons. The van der Waals surface area contributed by atoms with Crippen molar-refractivity contribution in [1.29, 1.82) is 0 Å². The minimum atomic E-state index is -0.408. The number of anilines is 1. The van der Waals surface area contributed by atoms with Crippen molar-refractivity contribution in [3.8, 4) is 0 Å². The van der Waals surface area contributed by atoms with Gasteiger partial charge in [0.1, 0.15) is 0 Å². The highest BCUT2D eigenvalue weighted by Gasteiger charge is 2.31. The van der Waals surface area contributed by atoms with Gasteiger partial charge in [-0.15, -0.1) is 0 Å². The largest absolute Gasteiger partial charge is 0.465 e. The van der Waals surface area contributed by atoms with E-state index in [4.69, 9.17) is 0 Å². The fraction of sp³-hybridized carbons (Fsp3) is 0.357. The molecule has 1 fully saturated rings. The normalized spacial score (nSPS) is 18.2. The van der Waals surface area contributed by atoms with Gasteiger partial charge in [-0.3, -0.25) is 9.59 Å². The van der Waals surface area contributed by atoms with Crippen LogP contribution in [0.4, 0.5) is 5.69 Å². The third kappa shape index (κ3) is 3.19. The molecule has 0 aliphatic carbocycles. The molecule has 1 heterocycles. The standard InChI is InChI=1S/C14H15NO4S/c1-9(16)20-12-7-13(17)15(8-12)11-5-3-10(4-6-11)14(18)19-2/h3-6,12H,7-8H2,1-2H3. The van der Waals surface area contributed by atoms with Crippen molar-refractivity contribution in [1.82, 2.24) is 0 Å². The van der Waals surface area contributed by atoms with E-state index in [1.54, 1.807) is 29.2 Å². The average Bonchev–Trinajstić information content (AvgIpc) is 2.78. The van der Waals surface area contributed by atoms with Crippen LogP contribution in [0, 0.1) is 0 Å². The molecule has 1 amide bonds. The smallest absolute Gasteiger partial charge is 0.337 e. The highest BCUT2D eigenvalue weighted by Crippen LogP contribution is 2.28. The Labute approximate surface area is 121 Å². The number of carbonyl (C=O) groups is 3. The topological polar surface area (TPSA) is 63.7 Å². The van der Waals surface area contributed by atoms with E-state index in [1.165, 1.54) is 25.8 Å². The summed E-state index contributed by atoms with van der Waals surface area (Å²) in [5.41, 5.74) is 1.17. The Kier molecular flexibility index (Phi) is 4.44. The van der Waals surface area contributed by atoms with E-state index in [-0.39, 0.29) is 16.3 Å². The van der Waals surface area contributed by atoms with Crippen molar-refractivity contribution < 1.29 is 19.1 Å². The third-order valence-corrected chi connectivity index (χ3v) is 4.00. The molecule has 6 heteroatoms. The molecular formula is C14H15NO4S. The van der Waals surface area contributed by atoms with Crippen LogP contribution in [-0.4, -0.2) is 35.9 Å². The molecule has 5 nitrogen and oxygen atoms in total. The number of esters is 1. The van der Waals surface area contributed by atoms with Gasteiger partial charge in [0, 0.05) is 30.8 Å². The summed E-state index contributed by atoms with van der Waals surface area (Å²) < 4.78 is 4.62. The van der Waals surface area contributed by atoms with Crippen molar-refractivity contribution in [2.75, 3.05) is 18.6 Å². The molecule has 1 unspecified atom stereocenters. The van der Waals surface area contributed by atoms with E-state index in [0.29, 0.717) is 18.5 Å². The highest BCUT2D eigenvalue weighted by molar-refractivity contribution is 8.14. The van der Waals surface area contributed by atoms with E-state index in [2.05, 4.69) is 4.74 Å². The van der Waals surface area contributed by atoms with Gasteiger partial charge in [-0.25, -0.2) is 4.79 Å². The number of hydrogen-bond acceptors (Lipinski definition) is 5. The molecule has 1 aromatic rings. The van der Waals surface area contributed by atoms with E-state index in [9.17, 15) is 14.4 Å². The second kappa shape index (κ2) is 6.09. The van der Waals surface area contributed by atoms with Gasteiger partial charge in [-0.2, -0.15) is 0 Å². The Bertz CT molecular complexity index is 541. The summed E-state index contributed by atoms with van der Waals surface area (Å²) >= 11 is 1.20. The van der Waals surface area contributed by atoms with Crippen LogP contribution in [-0.2, 0) is 14.3 Å². The third-order valence-electron chi connectivity index (χ3n) is 3.02. The lowest BCUT2D eigenvalue weighted by molar-refractivity contribution is -0.117. The summed E-state index contributed by atoms with van der Waals surface area (Å²) in [6, 6.07) is 6.68. The first-order valence-corrected chi connectivity index (χ1v) is 7.05. The van der Waals surface area contributed by atoms with Gasteiger partial charge in [-0.1, -0.05) is 11.8 Å². The van der Waals surface area contributed by atoms with Gasteiger partial charge < -0.3 is 9.64 Å². The lowest BCUT2D eigenvalue weighted by atomic mass is 10.2. The van der Waals surface area contributed by atoms with Crippen molar-refractivity contribution in [2.45, 2.75) is 18.6 Å². The van der Waals surface area contributed by atoms with Crippen LogP contribution < -0.4 is 4.90 Å². The maximum absolute atomic E-state index is 12.0. The predicted octanol–water partition coefficient (Wildman–Crippen LogP) is 1.86. The number of hydrogen-bond donors (Lipinski definition) is 0. The Morgan fingerprint density at radius 3 is 2.50 bits per heavy atom. The molecule has 0 aromatic heterocycles. The Morgan fingerprint density at radius 2 is 1.95 bits per heavy atom. The van der Waals surface area contributed by atoms with Gasteiger partial charge >= 0.3 is 5.97 Å². The van der Waals surface area contributed by atoms with E-state index < -0.39 is 5.97 Å². The minimum absolute atomic E-state index is 0.000263. The summed E-state index contributed by atoms with van der Waals surface area (Å²) in [5, 5.41) is 0.0194. The second-order valence-electron chi connectivity index (χ2n) is 4.48. The molecule has 1 aliphatic rings. The molecular weight excluding hydrogens is 278 g/mol. The lowest BCUT2D eigenvalue weighted by Crippen LogP contribution is -2.24. The number of rotatable bonds is 3. The van der Waals surface area contributed by atoms with Gasteiger partial charge in [0.25, 0.3) is 0 Å². The fourth-order valence-corrected chi connectivity index (χ4v) is 3.05. The van der Waals surface area contributed by atoms with Gasteiger partial charge in [0.2, 0.25) is 5.91 Å². The van der Waals surface area contributed by atoms with Crippen LogP contribution in [0.5, 0.6) is 0 Å². The average molecular weight is 293 g/mol. The van der Waals surface area contributed by atoms with E-state index in [0.717, 1.165) is 5.69 Å². The summed E-state index contributed by atoms with van der Waals surface area (Å²) in [4.78, 5) is 36.0. The number of amides is 1. The van der Waals surface area contributed by atoms with Crippen molar-refractivity contribution in [2.24, 2.45) is 0 Å². The molecule has 1 aliphatic heterocycles. The SMILES string of the molecule is COC(=O)c1ccc(N2CC(SC(C)=O)CC2=O)cc1. The summed E-state index contributed by atoms with van der Waals surface area (Å²) in [7, 11) is 1.32. The van der Waals surface area contributed by atoms with Crippen LogP contribution in [0.15, 0.2) is 24.3 Å². The zero-order valence-electron chi connectivity index (χ0n) is 11.3. The predicted molar refractivity (Wildman–Crippen MR) is 76.8 cm³/mol. The van der Waals surface area contributed by atoms with Crippen LogP contribution in [0.25, 0.3) is 0 Å².